The van der Waals surface area contributed by atoms with Gasteiger partial charge in [-0.1, -0.05) is 6.92 Å². The predicted molar refractivity (Wildman–Crippen MR) is 76.0 cm³/mol. The van der Waals surface area contributed by atoms with Crippen LogP contribution in [0.2, 0.25) is 0 Å². The molecular weight excluding hydrogens is 272 g/mol. The molecule has 0 aliphatic carbocycles. The third kappa shape index (κ3) is 3.53. The Balaban J connectivity index is 2.45. The Morgan fingerprint density at radius 2 is 2.10 bits per heavy atom. The highest BCUT2D eigenvalue weighted by molar-refractivity contribution is 5.96. The normalized spacial score (nSPS) is 10.4. The van der Waals surface area contributed by atoms with Crippen LogP contribution in [-0.2, 0) is 9.53 Å². The molecule has 0 aromatic carbocycles. The maximum atomic E-state index is 12.0. The second kappa shape index (κ2) is 6.78. The summed E-state index contributed by atoms with van der Waals surface area (Å²) in [5.41, 5.74) is 0.534. The summed E-state index contributed by atoms with van der Waals surface area (Å²) < 4.78 is 10.1. The molecule has 110 valence electrons. The van der Waals surface area contributed by atoms with E-state index in [2.05, 4.69) is 9.97 Å². The van der Waals surface area contributed by atoms with Crippen LogP contribution in [0.15, 0.2) is 24.4 Å². The fourth-order valence-electron chi connectivity index (χ4n) is 1.78. The lowest BCUT2D eigenvalue weighted by Crippen LogP contribution is -2.14. The van der Waals surface area contributed by atoms with Gasteiger partial charge in [0.25, 0.3) is 0 Å². The Morgan fingerprint density at radius 1 is 1.29 bits per heavy atom. The van der Waals surface area contributed by atoms with Gasteiger partial charge in [0.15, 0.2) is 5.65 Å². The fraction of sp³-hybridized carbons (Fsp3) is 0.333. The first kappa shape index (κ1) is 14.9. The van der Waals surface area contributed by atoms with Gasteiger partial charge in [-0.15, -0.1) is 0 Å². The molecule has 0 unspecified atom stereocenters. The number of nitrogens with zero attached hydrogens (tertiary/aromatic N) is 2. The average Bonchev–Trinajstić information content (AvgIpc) is 2.47. The molecule has 2 heterocycles. The van der Waals surface area contributed by atoms with Crippen molar-refractivity contribution in [2.45, 2.75) is 26.7 Å². The van der Waals surface area contributed by atoms with Crippen LogP contribution in [0.5, 0.6) is 5.88 Å². The monoisotopic (exact) mass is 288 g/mol. The summed E-state index contributed by atoms with van der Waals surface area (Å²) in [5.74, 6) is -1.07. The second-order valence-electron chi connectivity index (χ2n) is 4.34. The number of carbonyl (C=O) groups excluding carboxylic acids is 2. The van der Waals surface area contributed by atoms with Crippen LogP contribution in [0.4, 0.5) is 0 Å². The van der Waals surface area contributed by atoms with Crippen LogP contribution in [0.3, 0.4) is 0 Å². The van der Waals surface area contributed by atoms with E-state index in [4.69, 9.17) is 9.47 Å². The molecule has 0 aliphatic rings. The van der Waals surface area contributed by atoms with Gasteiger partial charge < -0.3 is 9.47 Å². The van der Waals surface area contributed by atoms with Gasteiger partial charge in [-0.05, 0) is 31.5 Å². The third-order valence-electron chi connectivity index (χ3n) is 2.71. The van der Waals surface area contributed by atoms with Crippen LogP contribution >= 0.6 is 0 Å². The van der Waals surface area contributed by atoms with Crippen LogP contribution < -0.4 is 4.74 Å². The zero-order valence-corrected chi connectivity index (χ0v) is 12.0. The molecule has 21 heavy (non-hydrogen) atoms. The van der Waals surface area contributed by atoms with Crippen molar-refractivity contribution in [3.05, 3.63) is 30.0 Å². The van der Waals surface area contributed by atoms with Crippen molar-refractivity contribution in [3.63, 3.8) is 0 Å². The lowest BCUT2D eigenvalue weighted by molar-refractivity contribution is -0.134. The largest absolute Gasteiger partial charge is 0.462 e. The Labute approximate surface area is 122 Å². The summed E-state index contributed by atoms with van der Waals surface area (Å²) >= 11 is 0. The quantitative estimate of drug-likeness (QED) is 0.787. The first-order valence-corrected chi connectivity index (χ1v) is 6.79. The number of rotatable bonds is 5. The van der Waals surface area contributed by atoms with E-state index in [9.17, 15) is 9.59 Å². The van der Waals surface area contributed by atoms with Crippen molar-refractivity contribution in [2.75, 3.05) is 6.61 Å². The molecule has 0 radical (unpaired) electrons. The average molecular weight is 288 g/mol. The number of pyridine rings is 2. The molecule has 0 amide bonds. The Hall–Kier alpha value is -2.50. The van der Waals surface area contributed by atoms with E-state index in [1.807, 2.05) is 6.92 Å². The zero-order chi connectivity index (χ0) is 15.2. The molecule has 0 fully saturated rings. The number of ether oxygens (including phenoxy) is 2. The second-order valence-corrected chi connectivity index (χ2v) is 4.34. The summed E-state index contributed by atoms with van der Waals surface area (Å²) in [5, 5.41) is 0.677. The standard InChI is InChI=1S/C15H16N2O4/c1-3-6-12(18)21-14-11(15(19)20-4-2)9-10-7-5-8-16-13(10)17-14/h5,7-9H,3-4,6H2,1-2H3. The van der Waals surface area contributed by atoms with Crippen molar-refractivity contribution in [3.8, 4) is 5.88 Å². The van der Waals surface area contributed by atoms with Crippen molar-refractivity contribution in [2.24, 2.45) is 0 Å². The molecule has 2 rings (SSSR count). The number of aromatic nitrogens is 2. The molecule has 0 saturated carbocycles. The predicted octanol–water partition coefficient (Wildman–Crippen LogP) is 2.51. The highest BCUT2D eigenvalue weighted by atomic mass is 16.6. The smallest absolute Gasteiger partial charge is 0.343 e. The van der Waals surface area contributed by atoms with E-state index < -0.39 is 11.9 Å². The van der Waals surface area contributed by atoms with Crippen molar-refractivity contribution < 1.29 is 19.1 Å². The van der Waals surface area contributed by atoms with Gasteiger partial charge in [0.2, 0.25) is 5.88 Å². The molecule has 0 aliphatic heterocycles. The summed E-state index contributed by atoms with van der Waals surface area (Å²) in [4.78, 5) is 31.9. The van der Waals surface area contributed by atoms with Crippen LogP contribution in [0.25, 0.3) is 11.0 Å². The topological polar surface area (TPSA) is 78.4 Å². The SMILES string of the molecule is CCCC(=O)Oc1nc2ncccc2cc1C(=O)OCC. The summed E-state index contributed by atoms with van der Waals surface area (Å²) in [7, 11) is 0. The molecule has 0 spiro atoms. The van der Waals surface area contributed by atoms with Gasteiger partial charge in [-0.25, -0.2) is 9.78 Å². The number of fused-ring (bicyclic) bond motifs is 1. The number of esters is 2. The first-order valence-electron chi connectivity index (χ1n) is 6.79. The molecule has 6 heteroatoms. The van der Waals surface area contributed by atoms with Crippen molar-refractivity contribution in [1.82, 2.24) is 9.97 Å². The van der Waals surface area contributed by atoms with Crippen molar-refractivity contribution in [1.29, 1.82) is 0 Å². The van der Waals surface area contributed by atoms with E-state index in [1.165, 1.54) is 0 Å². The van der Waals surface area contributed by atoms with Gasteiger partial charge >= 0.3 is 11.9 Å². The molecule has 0 atom stereocenters. The molecule has 6 nitrogen and oxygen atoms in total. The van der Waals surface area contributed by atoms with E-state index in [0.29, 0.717) is 17.5 Å². The lowest BCUT2D eigenvalue weighted by atomic mass is 10.2. The maximum absolute atomic E-state index is 12.0. The highest BCUT2D eigenvalue weighted by Gasteiger charge is 2.19. The highest BCUT2D eigenvalue weighted by Crippen LogP contribution is 2.22. The van der Waals surface area contributed by atoms with Gasteiger partial charge in [-0.3, -0.25) is 4.79 Å². The Bertz CT molecular complexity index is 670. The van der Waals surface area contributed by atoms with Crippen LogP contribution in [-0.4, -0.2) is 28.5 Å². The number of hydrogen-bond acceptors (Lipinski definition) is 6. The summed E-state index contributed by atoms with van der Waals surface area (Å²) in [6.07, 6.45) is 2.49. The van der Waals surface area contributed by atoms with E-state index in [1.54, 1.807) is 31.3 Å². The van der Waals surface area contributed by atoms with Gasteiger partial charge in [0, 0.05) is 18.0 Å². The molecular formula is C15H16N2O4. The number of hydrogen-bond donors (Lipinski definition) is 0. The van der Waals surface area contributed by atoms with E-state index >= 15 is 0 Å². The van der Waals surface area contributed by atoms with Gasteiger partial charge in [-0.2, -0.15) is 4.98 Å². The summed E-state index contributed by atoms with van der Waals surface area (Å²) in [6, 6.07) is 5.08. The Kier molecular flexibility index (Phi) is 4.81. The van der Waals surface area contributed by atoms with Gasteiger partial charge in [0.1, 0.15) is 5.56 Å². The van der Waals surface area contributed by atoms with Crippen LogP contribution in [0.1, 0.15) is 37.0 Å². The fourth-order valence-corrected chi connectivity index (χ4v) is 1.78. The summed E-state index contributed by atoms with van der Waals surface area (Å²) in [6.45, 7) is 3.80. The van der Waals surface area contributed by atoms with E-state index in [-0.39, 0.29) is 24.5 Å². The molecule has 2 aromatic rings. The minimum atomic E-state index is -0.574. The molecule has 2 aromatic heterocycles. The first-order chi connectivity index (χ1) is 10.2. The van der Waals surface area contributed by atoms with Gasteiger partial charge in [0.05, 0.1) is 6.61 Å². The molecule has 0 bridgehead atoms. The lowest BCUT2D eigenvalue weighted by Gasteiger charge is -2.09. The minimum Gasteiger partial charge on any atom is -0.462 e. The van der Waals surface area contributed by atoms with Crippen molar-refractivity contribution >= 4 is 23.0 Å². The minimum absolute atomic E-state index is 0.0573. The molecule has 0 saturated heterocycles. The van der Waals surface area contributed by atoms with Crippen LogP contribution in [0, 0.1) is 0 Å². The zero-order valence-electron chi connectivity index (χ0n) is 12.0. The van der Waals surface area contributed by atoms with E-state index in [0.717, 1.165) is 0 Å². The number of carbonyl (C=O) groups is 2. The maximum Gasteiger partial charge on any atom is 0.343 e. The third-order valence-corrected chi connectivity index (χ3v) is 2.71. The molecule has 0 N–H and O–H groups in total. The Morgan fingerprint density at radius 3 is 2.81 bits per heavy atom.